The second-order valence-electron chi connectivity index (χ2n) is 3.43. The van der Waals surface area contributed by atoms with E-state index in [1.165, 1.54) is 12.1 Å². The summed E-state index contributed by atoms with van der Waals surface area (Å²) < 4.78 is 3.96. The topological polar surface area (TPSA) is 22.1 Å². The molecule has 0 radical (unpaired) electrons. The molecule has 1 aromatic heterocycles. The number of hydrogen-bond acceptors (Lipinski definition) is 2. The lowest BCUT2D eigenvalue weighted by atomic mass is 10.3. The van der Waals surface area contributed by atoms with Gasteiger partial charge < -0.3 is 4.74 Å². The van der Waals surface area contributed by atoms with Gasteiger partial charge in [0.1, 0.15) is 10.9 Å². The molecular formula is C12H7Cl4NO. The van der Waals surface area contributed by atoms with E-state index in [4.69, 9.17) is 51.1 Å². The number of aromatic nitrogens is 1. The monoisotopic (exact) mass is 321 g/mol. The van der Waals surface area contributed by atoms with Crippen molar-refractivity contribution >= 4 is 46.4 Å². The summed E-state index contributed by atoms with van der Waals surface area (Å²) >= 11 is 23.2. The van der Waals surface area contributed by atoms with Crippen LogP contribution in [0, 0.1) is 0 Å². The smallest absolute Gasteiger partial charge is 0.221 e. The summed E-state index contributed by atoms with van der Waals surface area (Å²) in [4.78, 5) is 4.01. The second-order valence-corrected chi connectivity index (χ2v) is 6.10. The molecule has 0 aliphatic rings. The van der Waals surface area contributed by atoms with Crippen LogP contribution in [0.15, 0.2) is 42.5 Å². The van der Waals surface area contributed by atoms with E-state index in [0.29, 0.717) is 11.3 Å². The Labute approximate surface area is 124 Å². The van der Waals surface area contributed by atoms with Crippen molar-refractivity contribution < 1.29 is 4.74 Å². The number of nitrogens with zero attached hydrogens (tertiary/aromatic N) is 1. The van der Waals surface area contributed by atoms with Crippen molar-refractivity contribution in [2.45, 2.75) is 3.79 Å². The maximum Gasteiger partial charge on any atom is 0.221 e. The fourth-order valence-electron chi connectivity index (χ4n) is 1.30. The van der Waals surface area contributed by atoms with Crippen LogP contribution < -0.4 is 4.74 Å². The molecule has 2 nitrogen and oxygen atoms in total. The quantitative estimate of drug-likeness (QED) is 0.549. The third kappa shape index (κ3) is 3.66. The van der Waals surface area contributed by atoms with Crippen LogP contribution in [0.5, 0.6) is 11.6 Å². The van der Waals surface area contributed by atoms with Gasteiger partial charge in [0.2, 0.25) is 9.67 Å². The lowest BCUT2D eigenvalue weighted by Crippen LogP contribution is -2.01. The van der Waals surface area contributed by atoms with Crippen molar-refractivity contribution in [3.05, 3.63) is 53.2 Å². The molecule has 0 aliphatic heterocycles. The van der Waals surface area contributed by atoms with Crippen molar-refractivity contribution in [1.29, 1.82) is 0 Å². The maximum absolute atomic E-state index is 5.86. The van der Waals surface area contributed by atoms with Gasteiger partial charge in [0.15, 0.2) is 0 Å². The Balaban J connectivity index is 2.32. The molecule has 94 valence electrons. The molecule has 6 heteroatoms. The molecule has 0 saturated heterocycles. The van der Waals surface area contributed by atoms with Gasteiger partial charge in [-0.25, -0.2) is 4.98 Å². The van der Waals surface area contributed by atoms with Crippen LogP contribution in [-0.4, -0.2) is 4.98 Å². The Hall–Kier alpha value is -0.670. The van der Waals surface area contributed by atoms with Gasteiger partial charge in [-0.15, -0.1) is 0 Å². The number of para-hydroxylation sites is 1. The standard InChI is InChI=1S/C12H7Cl4NO/c13-10-6-8(12(14,15)16)7-11(17-10)18-9-4-2-1-3-5-9/h1-7H. The molecule has 1 aromatic carbocycles. The fraction of sp³-hybridized carbons (Fsp3) is 0.0833. The molecule has 0 bridgehead atoms. The third-order valence-electron chi connectivity index (χ3n) is 2.06. The number of rotatable bonds is 2. The lowest BCUT2D eigenvalue weighted by molar-refractivity contribution is 0.462. The molecular weight excluding hydrogens is 316 g/mol. The highest BCUT2D eigenvalue weighted by molar-refractivity contribution is 6.66. The van der Waals surface area contributed by atoms with E-state index in [1.807, 2.05) is 18.2 Å². The Morgan fingerprint density at radius 3 is 2.28 bits per heavy atom. The van der Waals surface area contributed by atoms with Crippen LogP contribution in [0.2, 0.25) is 5.15 Å². The maximum atomic E-state index is 5.86. The van der Waals surface area contributed by atoms with Crippen LogP contribution in [0.3, 0.4) is 0 Å². The first kappa shape index (κ1) is 13.8. The average molecular weight is 323 g/mol. The summed E-state index contributed by atoms with van der Waals surface area (Å²) in [6.07, 6.45) is 0. The molecule has 2 rings (SSSR count). The largest absolute Gasteiger partial charge is 0.439 e. The van der Waals surface area contributed by atoms with Crippen molar-refractivity contribution in [2.24, 2.45) is 0 Å². The summed E-state index contributed by atoms with van der Waals surface area (Å²) in [5.74, 6) is 0.901. The molecule has 0 saturated carbocycles. The highest BCUT2D eigenvalue weighted by atomic mass is 35.6. The van der Waals surface area contributed by atoms with Crippen molar-refractivity contribution in [3.63, 3.8) is 0 Å². The number of pyridine rings is 1. The average Bonchev–Trinajstić information content (AvgIpc) is 2.28. The number of alkyl halides is 3. The van der Waals surface area contributed by atoms with Crippen LogP contribution in [0.1, 0.15) is 5.56 Å². The first-order valence-electron chi connectivity index (χ1n) is 4.93. The van der Waals surface area contributed by atoms with Crippen LogP contribution in [-0.2, 0) is 3.79 Å². The zero-order valence-electron chi connectivity index (χ0n) is 8.91. The number of halogens is 4. The van der Waals surface area contributed by atoms with E-state index in [0.717, 1.165) is 0 Å². The Kier molecular flexibility index (Phi) is 4.23. The second kappa shape index (κ2) is 5.54. The van der Waals surface area contributed by atoms with Gasteiger partial charge in [-0.2, -0.15) is 0 Å². The zero-order chi connectivity index (χ0) is 13.2. The van der Waals surface area contributed by atoms with Crippen molar-refractivity contribution in [3.8, 4) is 11.6 Å². The SMILES string of the molecule is Clc1cc(C(Cl)(Cl)Cl)cc(Oc2ccccc2)n1. The summed E-state index contributed by atoms with van der Waals surface area (Å²) in [5.41, 5.74) is 0.401. The van der Waals surface area contributed by atoms with Crippen molar-refractivity contribution in [1.82, 2.24) is 4.98 Å². The molecule has 0 aliphatic carbocycles. The minimum absolute atomic E-state index is 0.199. The van der Waals surface area contributed by atoms with Gasteiger partial charge >= 0.3 is 0 Å². The van der Waals surface area contributed by atoms with E-state index in [9.17, 15) is 0 Å². The molecule has 1 heterocycles. The van der Waals surface area contributed by atoms with E-state index in [2.05, 4.69) is 4.98 Å². The van der Waals surface area contributed by atoms with Crippen LogP contribution in [0.25, 0.3) is 0 Å². The molecule has 0 spiro atoms. The number of benzene rings is 1. The molecule has 2 aromatic rings. The van der Waals surface area contributed by atoms with Crippen LogP contribution in [0.4, 0.5) is 0 Å². The van der Waals surface area contributed by atoms with Crippen LogP contribution >= 0.6 is 46.4 Å². The predicted octanol–water partition coefficient (Wildman–Crippen LogP) is 5.35. The molecule has 0 unspecified atom stereocenters. The number of hydrogen-bond donors (Lipinski definition) is 0. The minimum Gasteiger partial charge on any atom is -0.439 e. The first-order chi connectivity index (χ1) is 8.45. The molecule has 0 amide bonds. The molecule has 18 heavy (non-hydrogen) atoms. The van der Waals surface area contributed by atoms with Gasteiger partial charge in [-0.05, 0) is 18.2 Å². The Morgan fingerprint density at radius 2 is 1.67 bits per heavy atom. The normalized spacial score (nSPS) is 11.3. The first-order valence-corrected chi connectivity index (χ1v) is 6.44. The van der Waals surface area contributed by atoms with Gasteiger partial charge in [0.25, 0.3) is 0 Å². The minimum atomic E-state index is -1.57. The predicted molar refractivity (Wildman–Crippen MR) is 75.0 cm³/mol. The van der Waals surface area contributed by atoms with Gasteiger partial charge in [-0.3, -0.25) is 0 Å². The molecule has 0 N–H and O–H groups in total. The highest BCUT2D eigenvalue weighted by Crippen LogP contribution is 2.40. The summed E-state index contributed by atoms with van der Waals surface area (Å²) in [7, 11) is 0. The number of ether oxygens (including phenoxy) is 1. The third-order valence-corrected chi connectivity index (χ3v) is 2.91. The zero-order valence-corrected chi connectivity index (χ0v) is 11.9. The summed E-state index contributed by atoms with van der Waals surface area (Å²) in [5, 5.41) is 0.199. The highest BCUT2D eigenvalue weighted by Gasteiger charge is 2.24. The Morgan fingerprint density at radius 1 is 1.00 bits per heavy atom. The fourth-order valence-corrected chi connectivity index (χ4v) is 1.83. The van der Waals surface area contributed by atoms with E-state index in [-0.39, 0.29) is 11.0 Å². The van der Waals surface area contributed by atoms with Gasteiger partial charge in [0, 0.05) is 11.6 Å². The van der Waals surface area contributed by atoms with E-state index in [1.54, 1.807) is 12.1 Å². The summed E-state index contributed by atoms with van der Waals surface area (Å²) in [6.45, 7) is 0. The molecule has 0 fully saturated rings. The van der Waals surface area contributed by atoms with E-state index < -0.39 is 3.79 Å². The lowest BCUT2D eigenvalue weighted by Gasteiger charge is -2.13. The summed E-state index contributed by atoms with van der Waals surface area (Å²) in [6, 6.07) is 12.2. The van der Waals surface area contributed by atoms with Gasteiger partial charge in [-0.1, -0.05) is 64.6 Å². The Bertz CT molecular complexity index is 540. The molecule has 0 atom stereocenters. The van der Waals surface area contributed by atoms with Gasteiger partial charge in [0.05, 0.1) is 0 Å². The van der Waals surface area contributed by atoms with E-state index >= 15 is 0 Å². The van der Waals surface area contributed by atoms with Crippen molar-refractivity contribution in [2.75, 3.05) is 0 Å².